The Kier molecular flexibility index (Phi) is 6.33. The molecule has 0 aliphatic rings. The monoisotopic (exact) mass is 234 g/mol. The first-order valence-corrected chi connectivity index (χ1v) is 6.35. The van der Waals surface area contributed by atoms with Gasteiger partial charge in [0.15, 0.2) is 0 Å². The van der Waals surface area contributed by atoms with Crippen LogP contribution in [0, 0.1) is 0 Å². The largest absolute Gasteiger partial charge is 0.325 e. The Hall–Kier alpha value is -1.35. The lowest BCUT2D eigenvalue weighted by molar-refractivity contribution is -0.117. The molecule has 1 aromatic rings. The van der Waals surface area contributed by atoms with Crippen molar-refractivity contribution in [1.82, 2.24) is 0 Å². The molecule has 1 atom stereocenters. The molecule has 94 valence electrons. The molecule has 0 bridgehead atoms. The van der Waals surface area contributed by atoms with Gasteiger partial charge in [0.2, 0.25) is 5.91 Å². The maximum Gasteiger partial charge on any atom is 0.241 e. The number of anilines is 1. The third-order valence-corrected chi connectivity index (χ3v) is 2.75. The van der Waals surface area contributed by atoms with Gasteiger partial charge in [-0.1, -0.05) is 50.8 Å². The van der Waals surface area contributed by atoms with Crippen LogP contribution in [0.1, 0.15) is 39.0 Å². The van der Waals surface area contributed by atoms with E-state index in [-0.39, 0.29) is 5.91 Å². The fourth-order valence-corrected chi connectivity index (χ4v) is 1.68. The van der Waals surface area contributed by atoms with Gasteiger partial charge in [-0.25, -0.2) is 0 Å². The van der Waals surface area contributed by atoms with E-state index in [9.17, 15) is 4.79 Å². The maximum atomic E-state index is 11.7. The molecule has 0 heterocycles. The molecular formula is C14H22N2O. The van der Waals surface area contributed by atoms with E-state index in [2.05, 4.69) is 12.2 Å². The van der Waals surface area contributed by atoms with Gasteiger partial charge in [0.25, 0.3) is 0 Å². The second-order valence-corrected chi connectivity index (χ2v) is 4.31. The molecule has 1 rings (SSSR count). The van der Waals surface area contributed by atoms with Crippen LogP contribution in [0.5, 0.6) is 0 Å². The molecule has 0 radical (unpaired) electrons. The van der Waals surface area contributed by atoms with Crippen molar-refractivity contribution in [2.75, 3.05) is 5.32 Å². The number of unbranched alkanes of at least 4 members (excludes halogenated alkanes) is 3. The molecule has 0 saturated carbocycles. The SMILES string of the molecule is CCCCCCC(N)C(=O)Nc1ccccc1. The summed E-state index contributed by atoms with van der Waals surface area (Å²) in [7, 11) is 0. The molecule has 0 aliphatic heterocycles. The summed E-state index contributed by atoms with van der Waals surface area (Å²) in [5.41, 5.74) is 6.64. The van der Waals surface area contributed by atoms with E-state index in [0.717, 1.165) is 24.9 Å². The van der Waals surface area contributed by atoms with Crippen LogP contribution in [0.25, 0.3) is 0 Å². The number of benzene rings is 1. The lowest BCUT2D eigenvalue weighted by atomic mass is 10.1. The maximum absolute atomic E-state index is 11.7. The normalized spacial score (nSPS) is 12.1. The van der Waals surface area contributed by atoms with Gasteiger partial charge in [-0.2, -0.15) is 0 Å². The Morgan fingerprint density at radius 1 is 1.24 bits per heavy atom. The molecule has 1 unspecified atom stereocenters. The summed E-state index contributed by atoms with van der Waals surface area (Å²) < 4.78 is 0. The quantitative estimate of drug-likeness (QED) is 0.713. The average molecular weight is 234 g/mol. The molecule has 3 nitrogen and oxygen atoms in total. The second kappa shape index (κ2) is 7.85. The first kappa shape index (κ1) is 13.7. The lowest BCUT2D eigenvalue weighted by Gasteiger charge is -2.11. The lowest BCUT2D eigenvalue weighted by Crippen LogP contribution is -2.35. The van der Waals surface area contributed by atoms with Crippen LogP contribution in [0.4, 0.5) is 5.69 Å². The fraction of sp³-hybridized carbons (Fsp3) is 0.500. The molecule has 1 aromatic carbocycles. The summed E-state index contributed by atoms with van der Waals surface area (Å²) >= 11 is 0. The third-order valence-electron chi connectivity index (χ3n) is 2.75. The zero-order chi connectivity index (χ0) is 12.5. The van der Waals surface area contributed by atoms with Crippen molar-refractivity contribution in [2.45, 2.75) is 45.1 Å². The minimum Gasteiger partial charge on any atom is -0.325 e. The number of amides is 1. The highest BCUT2D eigenvalue weighted by atomic mass is 16.2. The van der Waals surface area contributed by atoms with Crippen LogP contribution in [0.2, 0.25) is 0 Å². The molecule has 3 heteroatoms. The van der Waals surface area contributed by atoms with Gasteiger partial charge in [0.1, 0.15) is 0 Å². The van der Waals surface area contributed by atoms with Crippen molar-refractivity contribution < 1.29 is 4.79 Å². The average Bonchev–Trinajstić information content (AvgIpc) is 2.35. The highest BCUT2D eigenvalue weighted by Crippen LogP contribution is 2.08. The first-order valence-electron chi connectivity index (χ1n) is 6.35. The fourth-order valence-electron chi connectivity index (χ4n) is 1.68. The van der Waals surface area contributed by atoms with Crippen LogP contribution in [-0.2, 0) is 4.79 Å². The van der Waals surface area contributed by atoms with Gasteiger partial charge in [-0.05, 0) is 18.6 Å². The van der Waals surface area contributed by atoms with Gasteiger partial charge in [0, 0.05) is 5.69 Å². The molecule has 0 aliphatic carbocycles. The standard InChI is InChI=1S/C14H22N2O/c1-2-3-4-8-11-13(15)14(17)16-12-9-6-5-7-10-12/h5-7,9-10,13H,2-4,8,11,15H2,1H3,(H,16,17). The summed E-state index contributed by atoms with van der Waals surface area (Å²) in [5, 5.41) is 2.82. The van der Waals surface area contributed by atoms with E-state index in [1.165, 1.54) is 12.8 Å². The molecule has 0 fully saturated rings. The van der Waals surface area contributed by atoms with Crippen molar-refractivity contribution in [1.29, 1.82) is 0 Å². The van der Waals surface area contributed by atoms with Crippen molar-refractivity contribution >= 4 is 11.6 Å². The Balaban J connectivity index is 2.27. The van der Waals surface area contributed by atoms with Gasteiger partial charge in [0.05, 0.1) is 6.04 Å². The molecule has 0 aromatic heterocycles. The smallest absolute Gasteiger partial charge is 0.241 e. The minimum absolute atomic E-state index is 0.0901. The molecule has 1 amide bonds. The number of rotatable bonds is 7. The molecule has 3 N–H and O–H groups in total. The van der Waals surface area contributed by atoms with E-state index in [1.807, 2.05) is 30.3 Å². The molecule has 17 heavy (non-hydrogen) atoms. The van der Waals surface area contributed by atoms with Crippen LogP contribution >= 0.6 is 0 Å². The van der Waals surface area contributed by atoms with Crippen LogP contribution < -0.4 is 11.1 Å². The zero-order valence-electron chi connectivity index (χ0n) is 10.5. The third kappa shape index (κ3) is 5.50. The molecular weight excluding hydrogens is 212 g/mol. The topological polar surface area (TPSA) is 55.1 Å². The Labute approximate surface area is 103 Å². The van der Waals surface area contributed by atoms with E-state index in [0.29, 0.717) is 0 Å². The second-order valence-electron chi connectivity index (χ2n) is 4.31. The summed E-state index contributed by atoms with van der Waals surface area (Å²) in [6, 6.07) is 9.03. The number of carbonyl (C=O) groups is 1. The van der Waals surface area contributed by atoms with Gasteiger partial charge in [-0.15, -0.1) is 0 Å². The van der Waals surface area contributed by atoms with Crippen LogP contribution in [0.3, 0.4) is 0 Å². The summed E-state index contributed by atoms with van der Waals surface area (Å²) in [6.45, 7) is 2.17. The number of hydrogen-bond donors (Lipinski definition) is 2. The number of carbonyl (C=O) groups excluding carboxylic acids is 1. The first-order chi connectivity index (χ1) is 8.24. The minimum atomic E-state index is -0.396. The number of para-hydroxylation sites is 1. The summed E-state index contributed by atoms with van der Waals surface area (Å²) in [4.78, 5) is 11.7. The van der Waals surface area contributed by atoms with Crippen molar-refractivity contribution in [3.8, 4) is 0 Å². The highest BCUT2D eigenvalue weighted by Gasteiger charge is 2.12. The number of hydrogen-bond acceptors (Lipinski definition) is 2. The van der Waals surface area contributed by atoms with Gasteiger partial charge < -0.3 is 11.1 Å². The Bertz CT molecular complexity index is 324. The summed E-state index contributed by atoms with van der Waals surface area (Å²) in [6.07, 6.45) is 5.36. The zero-order valence-corrected chi connectivity index (χ0v) is 10.5. The van der Waals surface area contributed by atoms with E-state index < -0.39 is 6.04 Å². The predicted octanol–water partition coefficient (Wildman–Crippen LogP) is 2.92. The Morgan fingerprint density at radius 2 is 1.94 bits per heavy atom. The summed E-state index contributed by atoms with van der Waals surface area (Å²) in [5.74, 6) is -0.0901. The number of nitrogens with one attached hydrogen (secondary N) is 1. The van der Waals surface area contributed by atoms with E-state index in [4.69, 9.17) is 5.73 Å². The van der Waals surface area contributed by atoms with Gasteiger partial charge >= 0.3 is 0 Å². The van der Waals surface area contributed by atoms with Crippen LogP contribution in [-0.4, -0.2) is 11.9 Å². The van der Waals surface area contributed by atoms with Gasteiger partial charge in [-0.3, -0.25) is 4.79 Å². The van der Waals surface area contributed by atoms with Crippen molar-refractivity contribution in [2.24, 2.45) is 5.73 Å². The predicted molar refractivity (Wildman–Crippen MR) is 71.8 cm³/mol. The molecule has 0 saturated heterocycles. The highest BCUT2D eigenvalue weighted by molar-refractivity contribution is 5.94. The van der Waals surface area contributed by atoms with Crippen molar-refractivity contribution in [3.63, 3.8) is 0 Å². The van der Waals surface area contributed by atoms with E-state index >= 15 is 0 Å². The number of nitrogens with two attached hydrogens (primary N) is 1. The Morgan fingerprint density at radius 3 is 2.59 bits per heavy atom. The van der Waals surface area contributed by atoms with E-state index in [1.54, 1.807) is 0 Å². The van der Waals surface area contributed by atoms with Crippen LogP contribution in [0.15, 0.2) is 30.3 Å². The molecule has 0 spiro atoms. The van der Waals surface area contributed by atoms with Crippen molar-refractivity contribution in [3.05, 3.63) is 30.3 Å².